The van der Waals surface area contributed by atoms with E-state index in [0.29, 0.717) is 32.2 Å². The van der Waals surface area contributed by atoms with Gasteiger partial charge in [0.2, 0.25) is 5.91 Å². The van der Waals surface area contributed by atoms with Gasteiger partial charge in [-0.3, -0.25) is 4.79 Å². The van der Waals surface area contributed by atoms with Crippen molar-refractivity contribution < 1.29 is 4.79 Å². The second-order valence-electron chi connectivity index (χ2n) is 11.5. The first-order valence-corrected chi connectivity index (χ1v) is 14.5. The first-order valence-electron chi connectivity index (χ1n) is 14.5. The fraction of sp³-hybridized carbons (Fsp3) is 0.438. The predicted octanol–water partition coefficient (Wildman–Crippen LogP) is 3.27. The maximum atomic E-state index is 12.5. The molecule has 2 aromatic carbocycles. The molecule has 2 fully saturated rings. The number of nitrogens with zero attached hydrogens (tertiary/aromatic N) is 7. The molecule has 1 unspecified atom stereocenters. The molecule has 0 spiro atoms. The minimum absolute atomic E-state index is 0.0814. The van der Waals surface area contributed by atoms with Gasteiger partial charge < -0.3 is 24.9 Å². The minimum Gasteiger partial charge on any atom is -0.365 e. The number of hydrogen-bond acceptors (Lipinski definition) is 8. The topological polar surface area (TPSA) is 91.6 Å². The lowest BCUT2D eigenvalue weighted by Crippen LogP contribution is -2.55. The fourth-order valence-electron chi connectivity index (χ4n) is 6.58. The highest BCUT2D eigenvalue weighted by Gasteiger charge is 2.35. The van der Waals surface area contributed by atoms with E-state index in [4.69, 9.17) is 9.97 Å². The molecule has 0 aliphatic carbocycles. The van der Waals surface area contributed by atoms with E-state index in [1.807, 2.05) is 0 Å². The van der Waals surface area contributed by atoms with E-state index in [-0.39, 0.29) is 24.4 Å². The van der Waals surface area contributed by atoms with Gasteiger partial charge in [-0.05, 0) is 44.5 Å². The van der Waals surface area contributed by atoms with Crippen molar-refractivity contribution in [1.82, 2.24) is 25.1 Å². The van der Waals surface area contributed by atoms with Crippen molar-refractivity contribution in [2.24, 2.45) is 0 Å². The lowest BCUT2D eigenvalue weighted by molar-refractivity contribution is -0.128. The van der Waals surface area contributed by atoms with E-state index >= 15 is 0 Å². The predicted molar refractivity (Wildman–Crippen MR) is 162 cm³/mol. The molecule has 9 heteroatoms. The normalized spacial score (nSPS) is 22.6. The Bertz CT molecular complexity index is 1490. The summed E-state index contributed by atoms with van der Waals surface area (Å²) in [6.07, 6.45) is 3.41. The van der Waals surface area contributed by atoms with Crippen molar-refractivity contribution in [3.8, 4) is 6.07 Å². The number of benzene rings is 2. The van der Waals surface area contributed by atoms with Gasteiger partial charge in [-0.15, -0.1) is 0 Å². The average Bonchev–Trinajstić information content (AvgIpc) is 3.51. The lowest BCUT2D eigenvalue weighted by Gasteiger charge is -2.42. The molecule has 0 bridgehead atoms. The standard InChI is InChI=1S/C32H38N8O/c1-4-30(41)40-17-16-39(20-23(40)12-14-33)32-26-13-15-38(29-11-7-9-22-8-5-6-10-25(22)29)21-28(26)35-31(36-32)27-18-24(19-34-27)37(2)3/h4-11,23-24,27,34H,1,12-13,15-21H2,2-3H3/t23-,24+,27?/m0/s1. The average molecular weight is 551 g/mol. The highest BCUT2D eigenvalue weighted by atomic mass is 16.2. The van der Waals surface area contributed by atoms with Crippen LogP contribution < -0.4 is 15.1 Å². The second-order valence-corrected chi connectivity index (χ2v) is 11.5. The molecule has 4 heterocycles. The Morgan fingerprint density at radius 2 is 1.98 bits per heavy atom. The molecule has 41 heavy (non-hydrogen) atoms. The summed E-state index contributed by atoms with van der Waals surface area (Å²) < 4.78 is 0. The molecule has 3 aliphatic rings. The van der Waals surface area contributed by atoms with Crippen molar-refractivity contribution in [2.75, 3.05) is 56.6 Å². The third-order valence-corrected chi connectivity index (χ3v) is 8.88. The number of anilines is 2. The van der Waals surface area contributed by atoms with E-state index in [1.54, 1.807) is 4.90 Å². The Labute approximate surface area is 242 Å². The van der Waals surface area contributed by atoms with Crippen molar-refractivity contribution in [2.45, 2.75) is 43.9 Å². The van der Waals surface area contributed by atoms with Crippen LogP contribution >= 0.6 is 0 Å². The number of piperazine rings is 1. The van der Waals surface area contributed by atoms with Gasteiger partial charge in [0.1, 0.15) is 11.6 Å². The smallest absolute Gasteiger partial charge is 0.246 e. The summed E-state index contributed by atoms with van der Waals surface area (Å²) in [5.41, 5.74) is 3.49. The summed E-state index contributed by atoms with van der Waals surface area (Å²) in [4.78, 5) is 31.8. The summed E-state index contributed by atoms with van der Waals surface area (Å²) in [6, 6.07) is 17.6. The van der Waals surface area contributed by atoms with Crippen LogP contribution in [0.15, 0.2) is 55.1 Å². The molecule has 6 rings (SSSR count). The van der Waals surface area contributed by atoms with Gasteiger partial charge in [0.25, 0.3) is 0 Å². The highest BCUT2D eigenvalue weighted by molar-refractivity contribution is 5.94. The summed E-state index contributed by atoms with van der Waals surface area (Å²) in [5, 5.41) is 15.7. The largest absolute Gasteiger partial charge is 0.365 e. The number of carbonyl (C=O) groups excluding carboxylic acids is 1. The molecule has 3 atom stereocenters. The minimum atomic E-state index is -0.202. The van der Waals surface area contributed by atoms with E-state index in [0.717, 1.165) is 43.3 Å². The molecule has 1 amide bonds. The molecular formula is C32H38N8O. The number of aromatic nitrogens is 2. The highest BCUT2D eigenvalue weighted by Crippen LogP contribution is 2.35. The van der Waals surface area contributed by atoms with Crippen LogP contribution in [0.5, 0.6) is 0 Å². The number of nitrogens with one attached hydrogen (secondary N) is 1. The van der Waals surface area contributed by atoms with E-state index < -0.39 is 0 Å². The van der Waals surface area contributed by atoms with E-state index in [9.17, 15) is 10.1 Å². The van der Waals surface area contributed by atoms with Crippen LogP contribution in [0.25, 0.3) is 10.8 Å². The number of likely N-dealkylation sites (N-methyl/N-ethyl adjacent to an activating group) is 1. The Morgan fingerprint density at radius 3 is 2.76 bits per heavy atom. The monoisotopic (exact) mass is 550 g/mol. The first kappa shape index (κ1) is 27.2. The van der Waals surface area contributed by atoms with E-state index in [1.165, 1.54) is 28.1 Å². The Morgan fingerprint density at radius 1 is 1.15 bits per heavy atom. The molecule has 1 N–H and O–H groups in total. The summed E-state index contributed by atoms with van der Waals surface area (Å²) >= 11 is 0. The molecule has 0 saturated carbocycles. The van der Waals surface area contributed by atoms with Gasteiger partial charge in [-0.1, -0.05) is 43.0 Å². The quantitative estimate of drug-likeness (QED) is 0.468. The second kappa shape index (κ2) is 11.5. The maximum absolute atomic E-state index is 12.5. The van der Waals surface area contributed by atoms with Crippen LogP contribution in [0.2, 0.25) is 0 Å². The Hall–Kier alpha value is -4.00. The number of amides is 1. The van der Waals surface area contributed by atoms with Crippen LogP contribution in [0.4, 0.5) is 11.5 Å². The zero-order valence-corrected chi connectivity index (χ0v) is 24.0. The number of rotatable bonds is 6. The SMILES string of the molecule is C=CC(=O)N1CCN(c2nc(C3C[C@@H](N(C)C)CN3)nc3c2CCN(c2cccc4ccccc24)C3)C[C@@H]1CC#N. The van der Waals surface area contributed by atoms with Crippen LogP contribution in [0.3, 0.4) is 0 Å². The fourth-order valence-corrected chi connectivity index (χ4v) is 6.58. The van der Waals surface area contributed by atoms with Crippen molar-refractivity contribution in [1.29, 1.82) is 5.26 Å². The molecule has 0 radical (unpaired) electrons. The molecular weight excluding hydrogens is 512 g/mol. The molecule has 1 aromatic heterocycles. The first-order chi connectivity index (χ1) is 20.0. The molecule has 2 saturated heterocycles. The molecule has 212 valence electrons. The van der Waals surface area contributed by atoms with Crippen LogP contribution in [0, 0.1) is 11.3 Å². The molecule has 9 nitrogen and oxygen atoms in total. The van der Waals surface area contributed by atoms with E-state index in [2.05, 4.69) is 89.2 Å². The van der Waals surface area contributed by atoms with Gasteiger partial charge in [0.15, 0.2) is 0 Å². The Kier molecular flexibility index (Phi) is 7.61. The van der Waals surface area contributed by atoms with Crippen LogP contribution in [-0.4, -0.2) is 84.6 Å². The number of nitriles is 1. The zero-order chi connectivity index (χ0) is 28.5. The van der Waals surface area contributed by atoms with Gasteiger partial charge >= 0.3 is 0 Å². The zero-order valence-electron chi connectivity index (χ0n) is 24.0. The third kappa shape index (κ3) is 5.25. The van der Waals surface area contributed by atoms with Gasteiger partial charge in [0.05, 0.1) is 36.8 Å². The number of hydrogen-bond donors (Lipinski definition) is 1. The van der Waals surface area contributed by atoms with Crippen LogP contribution in [0.1, 0.15) is 36.0 Å². The molecule has 3 aliphatic heterocycles. The summed E-state index contributed by atoms with van der Waals surface area (Å²) in [6.45, 7) is 7.93. The molecule has 3 aromatic rings. The van der Waals surface area contributed by atoms with Crippen molar-refractivity contribution >= 4 is 28.2 Å². The lowest BCUT2D eigenvalue weighted by atomic mass is 10.0. The summed E-state index contributed by atoms with van der Waals surface area (Å²) in [5.74, 6) is 1.68. The van der Waals surface area contributed by atoms with Gasteiger partial charge in [0, 0.05) is 55.4 Å². The maximum Gasteiger partial charge on any atom is 0.246 e. The van der Waals surface area contributed by atoms with Crippen molar-refractivity contribution in [3.63, 3.8) is 0 Å². The number of carbonyl (C=O) groups is 1. The van der Waals surface area contributed by atoms with Crippen LogP contribution in [-0.2, 0) is 17.8 Å². The Balaban J connectivity index is 1.37. The number of fused-ring (bicyclic) bond motifs is 2. The van der Waals surface area contributed by atoms with Crippen molar-refractivity contribution in [3.05, 3.63) is 72.2 Å². The summed E-state index contributed by atoms with van der Waals surface area (Å²) in [7, 11) is 4.24. The van der Waals surface area contributed by atoms with Gasteiger partial charge in [-0.25, -0.2) is 9.97 Å². The van der Waals surface area contributed by atoms with Gasteiger partial charge in [-0.2, -0.15) is 5.26 Å². The third-order valence-electron chi connectivity index (χ3n) is 8.88.